The minimum Gasteiger partial charge on any atom is -0.311 e. The fraction of sp³-hybridized carbons (Fsp3) is 0.150. The molecule has 4 aromatic rings. The van der Waals surface area contributed by atoms with Crippen LogP contribution in [0, 0.1) is 5.82 Å². The molecule has 0 spiro atoms. The number of nitrogens with zero attached hydrogens (tertiary/aromatic N) is 2. The number of aromatic nitrogens is 2. The summed E-state index contributed by atoms with van der Waals surface area (Å²) < 4.78 is 15.1. The number of imidazole rings is 1. The molecule has 0 saturated carbocycles. The first kappa shape index (κ1) is 17.2. The lowest BCUT2D eigenvalue weighted by Gasteiger charge is -2.07. The number of thiazole rings is 1. The molecule has 0 unspecified atom stereocenters. The van der Waals surface area contributed by atoms with E-state index >= 15 is 0 Å². The first-order valence-corrected chi connectivity index (χ1v) is 9.62. The zero-order valence-electron chi connectivity index (χ0n) is 14.0. The topological polar surface area (TPSA) is 29.3 Å². The van der Waals surface area contributed by atoms with Gasteiger partial charge >= 0.3 is 0 Å². The molecule has 0 atom stereocenters. The minimum absolute atomic E-state index is 0.201. The van der Waals surface area contributed by atoms with Crippen LogP contribution in [-0.2, 0) is 13.0 Å². The van der Waals surface area contributed by atoms with Gasteiger partial charge in [0.1, 0.15) is 5.82 Å². The molecular weight excluding hydrogens is 369 g/mol. The van der Waals surface area contributed by atoms with E-state index in [2.05, 4.69) is 9.72 Å². The van der Waals surface area contributed by atoms with E-state index in [1.165, 1.54) is 12.1 Å². The van der Waals surface area contributed by atoms with Crippen molar-refractivity contribution in [1.29, 1.82) is 0 Å². The van der Waals surface area contributed by atoms with Crippen molar-refractivity contribution >= 4 is 27.9 Å². The van der Waals surface area contributed by atoms with Crippen LogP contribution in [0.25, 0.3) is 16.2 Å². The number of hydrogen-bond donors (Lipinski definition) is 1. The summed E-state index contributed by atoms with van der Waals surface area (Å²) in [5.41, 5.74) is 4.27. The van der Waals surface area contributed by atoms with Gasteiger partial charge in [0.05, 0.1) is 11.4 Å². The van der Waals surface area contributed by atoms with E-state index in [-0.39, 0.29) is 5.82 Å². The molecule has 0 radical (unpaired) electrons. The van der Waals surface area contributed by atoms with Gasteiger partial charge in [-0.1, -0.05) is 35.9 Å². The Labute approximate surface area is 160 Å². The Hall–Kier alpha value is -2.21. The summed E-state index contributed by atoms with van der Waals surface area (Å²) in [4.78, 5) is 5.75. The van der Waals surface area contributed by atoms with Gasteiger partial charge in [-0.25, -0.2) is 9.37 Å². The molecule has 1 N–H and O–H groups in total. The molecule has 2 aromatic carbocycles. The number of fused-ring (bicyclic) bond motifs is 1. The summed E-state index contributed by atoms with van der Waals surface area (Å²) in [7, 11) is 0. The smallest absolute Gasteiger partial charge is 0.194 e. The van der Waals surface area contributed by atoms with Crippen LogP contribution in [0.3, 0.4) is 0 Å². The Balaban J connectivity index is 1.50. The van der Waals surface area contributed by atoms with Gasteiger partial charge in [-0.3, -0.25) is 4.40 Å². The number of hydrogen-bond acceptors (Lipinski definition) is 3. The van der Waals surface area contributed by atoms with Crippen molar-refractivity contribution in [3.8, 4) is 11.3 Å². The Kier molecular flexibility index (Phi) is 5.02. The zero-order valence-corrected chi connectivity index (χ0v) is 15.5. The average molecular weight is 386 g/mol. The molecule has 26 heavy (non-hydrogen) atoms. The quantitative estimate of drug-likeness (QED) is 0.463. The lowest BCUT2D eigenvalue weighted by molar-refractivity contribution is 0.625. The van der Waals surface area contributed by atoms with E-state index in [9.17, 15) is 4.39 Å². The molecule has 6 heteroatoms. The maximum atomic E-state index is 13.0. The second kappa shape index (κ2) is 7.58. The predicted molar refractivity (Wildman–Crippen MR) is 105 cm³/mol. The zero-order chi connectivity index (χ0) is 17.9. The molecule has 4 rings (SSSR count). The Morgan fingerprint density at radius 3 is 2.62 bits per heavy atom. The monoisotopic (exact) mass is 385 g/mol. The Bertz CT molecular complexity index is 1010. The van der Waals surface area contributed by atoms with Gasteiger partial charge in [-0.15, -0.1) is 11.3 Å². The molecule has 0 fully saturated rings. The van der Waals surface area contributed by atoms with E-state index < -0.39 is 0 Å². The molecular formula is C20H17ClFN3S. The highest BCUT2D eigenvalue weighted by molar-refractivity contribution is 7.15. The number of rotatable bonds is 6. The summed E-state index contributed by atoms with van der Waals surface area (Å²) in [5.74, 6) is -0.201. The van der Waals surface area contributed by atoms with Crippen molar-refractivity contribution in [2.45, 2.75) is 13.0 Å². The van der Waals surface area contributed by atoms with Crippen LogP contribution in [0.1, 0.15) is 11.3 Å². The van der Waals surface area contributed by atoms with Gasteiger partial charge in [0.25, 0.3) is 0 Å². The average Bonchev–Trinajstić information content (AvgIpc) is 3.23. The normalized spacial score (nSPS) is 11.3. The van der Waals surface area contributed by atoms with E-state index in [1.807, 2.05) is 48.0 Å². The molecule has 0 aliphatic rings. The minimum atomic E-state index is -0.201. The molecule has 2 heterocycles. The molecule has 0 aliphatic heterocycles. The van der Waals surface area contributed by atoms with Gasteiger partial charge in [0, 0.05) is 28.7 Å². The third kappa shape index (κ3) is 3.65. The summed E-state index contributed by atoms with van der Waals surface area (Å²) in [6, 6.07) is 14.4. The van der Waals surface area contributed by atoms with Crippen LogP contribution in [0.4, 0.5) is 4.39 Å². The van der Waals surface area contributed by atoms with Crippen molar-refractivity contribution in [1.82, 2.24) is 14.7 Å². The van der Waals surface area contributed by atoms with Crippen molar-refractivity contribution in [3.63, 3.8) is 0 Å². The standard InChI is InChI=1S/C20H17ClFN3S/c21-16-5-3-15(4-6-16)19-18(25-11-12-26-20(25)24-19)13-23-10-9-14-1-7-17(22)8-2-14/h1-8,11-12,23H,9-10,13H2. The fourth-order valence-corrected chi connectivity index (χ4v) is 3.79. The Morgan fingerprint density at radius 1 is 1.08 bits per heavy atom. The van der Waals surface area contributed by atoms with Gasteiger partial charge in [0.15, 0.2) is 4.96 Å². The van der Waals surface area contributed by atoms with Crippen molar-refractivity contribution in [3.05, 3.63) is 82.2 Å². The van der Waals surface area contributed by atoms with Gasteiger partial charge in [0.2, 0.25) is 0 Å². The van der Waals surface area contributed by atoms with Crippen LogP contribution in [0.15, 0.2) is 60.1 Å². The lowest BCUT2D eigenvalue weighted by atomic mass is 10.1. The van der Waals surface area contributed by atoms with E-state index in [0.29, 0.717) is 11.6 Å². The van der Waals surface area contributed by atoms with Crippen LogP contribution in [0.2, 0.25) is 5.02 Å². The summed E-state index contributed by atoms with van der Waals surface area (Å²) >= 11 is 7.63. The number of nitrogens with one attached hydrogen (secondary N) is 1. The highest BCUT2D eigenvalue weighted by Gasteiger charge is 2.14. The summed E-state index contributed by atoms with van der Waals surface area (Å²) in [6.45, 7) is 1.51. The highest BCUT2D eigenvalue weighted by Crippen LogP contribution is 2.27. The first-order valence-electron chi connectivity index (χ1n) is 8.36. The second-order valence-corrected chi connectivity index (χ2v) is 7.33. The largest absolute Gasteiger partial charge is 0.311 e. The maximum Gasteiger partial charge on any atom is 0.194 e. The lowest BCUT2D eigenvalue weighted by Crippen LogP contribution is -2.18. The van der Waals surface area contributed by atoms with Crippen molar-refractivity contribution < 1.29 is 4.39 Å². The number of halogens is 2. The maximum absolute atomic E-state index is 13.0. The van der Waals surface area contributed by atoms with Crippen LogP contribution >= 0.6 is 22.9 Å². The predicted octanol–water partition coefficient (Wildman–Crippen LogP) is 5.19. The second-order valence-electron chi connectivity index (χ2n) is 6.02. The number of benzene rings is 2. The SMILES string of the molecule is Fc1ccc(CCNCc2c(-c3ccc(Cl)cc3)nc3sccn23)cc1. The molecule has 0 amide bonds. The van der Waals surface area contributed by atoms with Crippen molar-refractivity contribution in [2.75, 3.05) is 6.54 Å². The van der Waals surface area contributed by atoms with Crippen LogP contribution in [0.5, 0.6) is 0 Å². The van der Waals surface area contributed by atoms with Crippen LogP contribution < -0.4 is 5.32 Å². The van der Waals surface area contributed by atoms with Gasteiger partial charge in [-0.05, 0) is 42.8 Å². The molecule has 132 valence electrons. The molecule has 0 saturated heterocycles. The third-order valence-electron chi connectivity index (χ3n) is 4.27. The van der Waals surface area contributed by atoms with Gasteiger partial charge < -0.3 is 5.32 Å². The van der Waals surface area contributed by atoms with E-state index in [4.69, 9.17) is 16.6 Å². The molecule has 2 aromatic heterocycles. The molecule has 3 nitrogen and oxygen atoms in total. The third-order valence-corrected chi connectivity index (χ3v) is 5.28. The summed E-state index contributed by atoms with van der Waals surface area (Å²) in [6.07, 6.45) is 2.89. The van der Waals surface area contributed by atoms with E-state index in [0.717, 1.165) is 40.4 Å². The molecule has 0 bridgehead atoms. The first-order chi connectivity index (χ1) is 12.7. The summed E-state index contributed by atoms with van der Waals surface area (Å²) in [5, 5.41) is 6.23. The molecule has 0 aliphatic carbocycles. The van der Waals surface area contributed by atoms with E-state index in [1.54, 1.807) is 11.3 Å². The fourth-order valence-electron chi connectivity index (χ4n) is 2.93. The van der Waals surface area contributed by atoms with Crippen molar-refractivity contribution in [2.24, 2.45) is 0 Å². The Morgan fingerprint density at radius 2 is 1.85 bits per heavy atom. The highest BCUT2D eigenvalue weighted by atomic mass is 35.5. The van der Waals surface area contributed by atoms with Crippen LogP contribution in [-0.4, -0.2) is 15.9 Å². The van der Waals surface area contributed by atoms with Gasteiger partial charge in [-0.2, -0.15) is 0 Å².